The molecule has 0 radical (unpaired) electrons. The molecular weight excluding hydrogens is 220 g/mol. The molecule has 0 bridgehead atoms. The van der Waals surface area contributed by atoms with Gasteiger partial charge in [0.25, 0.3) is 0 Å². The normalized spacial score (nSPS) is 10.7. The Kier molecular flexibility index (Phi) is 4.93. The zero-order chi connectivity index (χ0) is 12.1. The summed E-state index contributed by atoms with van der Waals surface area (Å²) in [4.78, 5) is 13.7. The largest absolute Gasteiger partial charge is 0.382 e. The van der Waals surface area contributed by atoms with Gasteiger partial charge < -0.3 is 10.2 Å². The van der Waals surface area contributed by atoms with E-state index in [1.807, 2.05) is 0 Å². The standard InChI is InChI=1S/C12H20N2OS/c1-4-7-8-13-9-10(11(15)12(9)16)14(5-2)6-3/h13H,4-8H2,1-3H3. The summed E-state index contributed by atoms with van der Waals surface area (Å²) in [6.07, 6.45) is 2.24. The lowest BCUT2D eigenvalue weighted by Crippen LogP contribution is -2.32. The molecule has 0 atom stereocenters. The highest BCUT2D eigenvalue weighted by Gasteiger charge is 2.21. The Balaban J connectivity index is 2.81. The highest BCUT2D eigenvalue weighted by Crippen LogP contribution is 2.26. The maximum absolute atomic E-state index is 11.7. The van der Waals surface area contributed by atoms with E-state index in [0.717, 1.165) is 43.9 Å². The third-order valence-corrected chi connectivity index (χ3v) is 3.19. The number of nitrogens with zero attached hydrogens (tertiary/aromatic N) is 1. The van der Waals surface area contributed by atoms with Crippen molar-refractivity contribution in [2.45, 2.75) is 33.6 Å². The minimum Gasteiger partial charge on any atom is -0.382 e. The van der Waals surface area contributed by atoms with Crippen LogP contribution in [0, 0.1) is 4.51 Å². The van der Waals surface area contributed by atoms with Gasteiger partial charge in [0.2, 0.25) is 5.43 Å². The van der Waals surface area contributed by atoms with Crippen LogP contribution in [0.25, 0.3) is 0 Å². The van der Waals surface area contributed by atoms with E-state index in [9.17, 15) is 4.79 Å². The van der Waals surface area contributed by atoms with E-state index in [-0.39, 0.29) is 5.43 Å². The summed E-state index contributed by atoms with van der Waals surface area (Å²) in [6, 6.07) is 0. The maximum Gasteiger partial charge on any atom is 0.224 e. The van der Waals surface area contributed by atoms with Crippen molar-refractivity contribution in [1.82, 2.24) is 0 Å². The fourth-order valence-corrected chi connectivity index (χ4v) is 2.04. The second kappa shape index (κ2) is 5.99. The Labute approximate surface area is 102 Å². The molecule has 3 nitrogen and oxygen atoms in total. The van der Waals surface area contributed by atoms with Crippen LogP contribution in [-0.2, 0) is 0 Å². The predicted octanol–water partition coefficient (Wildman–Crippen LogP) is 2.71. The summed E-state index contributed by atoms with van der Waals surface area (Å²) >= 11 is 5.07. The molecule has 1 aromatic rings. The number of hydrogen-bond donors (Lipinski definition) is 1. The molecule has 16 heavy (non-hydrogen) atoms. The number of rotatable bonds is 7. The van der Waals surface area contributed by atoms with Gasteiger partial charge in [0, 0.05) is 19.6 Å². The molecule has 0 amide bonds. The molecule has 0 aliphatic rings. The molecule has 90 valence electrons. The third kappa shape index (κ3) is 2.43. The summed E-state index contributed by atoms with van der Waals surface area (Å²) in [6.45, 7) is 8.83. The van der Waals surface area contributed by atoms with Crippen LogP contribution in [0.3, 0.4) is 0 Å². The zero-order valence-corrected chi connectivity index (χ0v) is 11.1. The Bertz CT molecular complexity index is 403. The quantitative estimate of drug-likeness (QED) is 0.587. The Morgan fingerprint density at radius 2 is 1.88 bits per heavy atom. The molecule has 1 aromatic carbocycles. The van der Waals surface area contributed by atoms with E-state index in [2.05, 4.69) is 31.0 Å². The van der Waals surface area contributed by atoms with Crippen molar-refractivity contribution < 1.29 is 0 Å². The van der Waals surface area contributed by atoms with Crippen molar-refractivity contribution in [3.05, 3.63) is 14.7 Å². The summed E-state index contributed by atoms with van der Waals surface area (Å²) in [5.74, 6) is 0. The molecule has 0 heterocycles. The van der Waals surface area contributed by atoms with E-state index in [0.29, 0.717) is 4.51 Å². The number of unbranched alkanes of at least 4 members (excludes halogenated alkanes) is 1. The van der Waals surface area contributed by atoms with Gasteiger partial charge in [-0.15, -0.1) is 0 Å². The van der Waals surface area contributed by atoms with Crippen molar-refractivity contribution in [2.75, 3.05) is 29.9 Å². The monoisotopic (exact) mass is 240 g/mol. The fraction of sp³-hybridized carbons (Fsp3) is 0.667. The Hall–Kier alpha value is -0.900. The van der Waals surface area contributed by atoms with Crippen LogP contribution in [0.15, 0.2) is 4.79 Å². The van der Waals surface area contributed by atoms with Gasteiger partial charge in [-0.1, -0.05) is 25.6 Å². The smallest absolute Gasteiger partial charge is 0.224 e. The first-order chi connectivity index (χ1) is 7.67. The maximum atomic E-state index is 11.7. The molecule has 0 fully saturated rings. The topological polar surface area (TPSA) is 32.3 Å². The minimum atomic E-state index is 0.0256. The molecule has 0 spiro atoms. The van der Waals surface area contributed by atoms with Gasteiger partial charge in [0.05, 0.1) is 5.69 Å². The second-order valence-electron chi connectivity index (χ2n) is 3.83. The lowest BCUT2D eigenvalue weighted by molar-refractivity contribution is 0.824. The first-order valence-corrected chi connectivity index (χ1v) is 6.40. The van der Waals surface area contributed by atoms with Gasteiger partial charge >= 0.3 is 0 Å². The average Bonchev–Trinajstić information content (AvgIpc) is 2.32. The van der Waals surface area contributed by atoms with Gasteiger partial charge in [0.1, 0.15) is 10.2 Å². The summed E-state index contributed by atoms with van der Waals surface area (Å²) < 4.78 is 0.470. The minimum absolute atomic E-state index is 0.0256. The van der Waals surface area contributed by atoms with Gasteiger partial charge in [-0.3, -0.25) is 4.79 Å². The summed E-state index contributed by atoms with van der Waals surface area (Å²) in [5.41, 5.74) is 1.70. The molecule has 0 unspecified atom stereocenters. The summed E-state index contributed by atoms with van der Waals surface area (Å²) in [7, 11) is 0. The SMILES string of the molecule is CCCCNc1c(N(CC)CC)c(=O)c1=S. The highest BCUT2D eigenvalue weighted by atomic mass is 32.1. The van der Waals surface area contributed by atoms with E-state index in [1.165, 1.54) is 0 Å². The van der Waals surface area contributed by atoms with Gasteiger partial charge in [-0.05, 0) is 20.3 Å². The van der Waals surface area contributed by atoms with Crippen molar-refractivity contribution in [3.8, 4) is 0 Å². The molecule has 1 N–H and O–H groups in total. The number of anilines is 2. The molecule has 0 saturated carbocycles. The van der Waals surface area contributed by atoms with E-state index < -0.39 is 0 Å². The molecular formula is C12H20N2OS. The molecule has 1 rings (SSSR count). The van der Waals surface area contributed by atoms with E-state index in [4.69, 9.17) is 12.2 Å². The van der Waals surface area contributed by atoms with Crippen molar-refractivity contribution in [3.63, 3.8) is 0 Å². The number of hydrogen-bond acceptors (Lipinski definition) is 4. The van der Waals surface area contributed by atoms with Crippen LogP contribution in [0.4, 0.5) is 11.4 Å². The first-order valence-electron chi connectivity index (χ1n) is 5.99. The van der Waals surface area contributed by atoms with Crippen LogP contribution in [-0.4, -0.2) is 19.6 Å². The van der Waals surface area contributed by atoms with E-state index in [1.54, 1.807) is 0 Å². The van der Waals surface area contributed by atoms with Crippen LogP contribution >= 0.6 is 12.2 Å². The Morgan fingerprint density at radius 1 is 1.25 bits per heavy atom. The van der Waals surface area contributed by atoms with Crippen LogP contribution < -0.4 is 15.6 Å². The molecule has 0 saturated heterocycles. The molecule has 0 aliphatic carbocycles. The third-order valence-electron chi connectivity index (χ3n) is 2.80. The Morgan fingerprint density at radius 3 is 2.38 bits per heavy atom. The van der Waals surface area contributed by atoms with Crippen molar-refractivity contribution in [2.24, 2.45) is 0 Å². The van der Waals surface area contributed by atoms with Crippen LogP contribution in [0.1, 0.15) is 33.6 Å². The van der Waals surface area contributed by atoms with Gasteiger partial charge in [-0.25, -0.2) is 0 Å². The average molecular weight is 240 g/mol. The van der Waals surface area contributed by atoms with E-state index >= 15 is 0 Å². The fourth-order valence-electron chi connectivity index (χ4n) is 1.78. The van der Waals surface area contributed by atoms with Crippen LogP contribution in [0.2, 0.25) is 0 Å². The highest BCUT2D eigenvalue weighted by molar-refractivity contribution is 7.71. The molecule has 4 heteroatoms. The van der Waals surface area contributed by atoms with Crippen molar-refractivity contribution >= 4 is 23.6 Å². The predicted molar refractivity (Wildman–Crippen MR) is 72.9 cm³/mol. The van der Waals surface area contributed by atoms with Gasteiger partial charge in [0.15, 0.2) is 0 Å². The van der Waals surface area contributed by atoms with Crippen LogP contribution in [0.5, 0.6) is 0 Å². The summed E-state index contributed by atoms with van der Waals surface area (Å²) in [5, 5.41) is 3.28. The lowest BCUT2D eigenvalue weighted by atomic mass is 10.1. The van der Waals surface area contributed by atoms with Gasteiger partial charge in [-0.2, -0.15) is 0 Å². The first kappa shape index (κ1) is 13.2. The second-order valence-corrected chi connectivity index (χ2v) is 4.24. The lowest BCUT2D eigenvalue weighted by Gasteiger charge is -2.26. The molecule has 0 aliphatic heterocycles. The number of nitrogens with one attached hydrogen (secondary N) is 1. The van der Waals surface area contributed by atoms with Crippen molar-refractivity contribution in [1.29, 1.82) is 0 Å². The zero-order valence-electron chi connectivity index (χ0n) is 10.3. The molecule has 0 aromatic heterocycles.